The van der Waals surface area contributed by atoms with Crippen molar-refractivity contribution in [1.29, 1.82) is 0 Å². The number of alkyl halides is 3. The van der Waals surface area contributed by atoms with Gasteiger partial charge in [-0.2, -0.15) is 13.2 Å². The molecule has 0 radical (unpaired) electrons. The van der Waals surface area contributed by atoms with Crippen molar-refractivity contribution in [3.63, 3.8) is 0 Å². The standard InChI is InChI=1S/C7H6BrF3N2O2/c1-2-13-5(14)3(8)4(7(9,10)11)12-6(13)15/h2H2,1H3,(H,12,15). The topological polar surface area (TPSA) is 54.9 Å². The van der Waals surface area contributed by atoms with Crippen LogP contribution in [0, 0.1) is 0 Å². The lowest BCUT2D eigenvalue weighted by atomic mass is 10.4. The maximum absolute atomic E-state index is 12.3. The van der Waals surface area contributed by atoms with Crippen LogP contribution in [0.3, 0.4) is 0 Å². The third-order valence-corrected chi connectivity index (χ3v) is 2.46. The van der Waals surface area contributed by atoms with Crippen molar-refractivity contribution in [1.82, 2.24) is 9.55 Å². The van der Waals surface area contributed by atoms with Gasteiger partial charge in [-0.15, -0.1) is 0 Å². The lowest BCUT2D eigenvalue weighted by Crippen LogP contribution is -2.37. The van der Waals surface area contributed by atoms with Gasteiger partial charge in [0.1, 0.15) is 10.2 Å². The molecule has 15 heavy (non-hydrogen) atoms. The summed E-state index contributed by atoms with van der Waals surface area (Å²) < 4.78 is 36.9. The van der Waals surface area contributed by atoms with Gasteiger partial charge in [0.05, 0.1) is 0 Å². The number of H-pyrrole nitrogens is 1. The maximum Gasteiger partial charge on any atom is 0.432 e. The largest absolute Gasteiger partial charge is 0.432 e. The van der Waals surface area contributed by atoms with Crippen molar-refractivity contribution in [3.05, 3.63) is 31.0 Å². The normalized spacial score (nSPS) is 11.8. The van der Waals surface area contributed by atoms with Gasteiger partial charge < -0.3 is 4.98 Å². The molecule has 0 saturated heterocycles. The molecule has 1 rings (SSSR count). The molecule has 0 aromatic carbocycles. The second-order valence-corrected chi connectivity index (χ2v) is 3.46. The van der Waals surface area contributed by atoms with E-state index in [1.54, 1.807) is 4.98 Å². The summed E-state index contributed by atoms with van der Waals surface area (Å²) in [7, 11) is 0. The van der Waals surface area contributed by atoms with Crippen molar-refractivity contribution < 1.29 is 13.2 Å². The van der Waals surface area contributed by atoms with Crippen molar-refractivity contribution in [3.8, 4) is 0 Å². The Hall–Kier alpha value is -1.05. The molecule has 0 saturated carbocycles. The summed E-state index contributed by atoms with van der Waals surface area (Å²) in [5.41, 5.74) is -3.42. The van der Waals surface area contributed by atoms with Crippen molar-refractivity contribution in [2.24, 2.45) is 0 Å². The van der Waals surface area contributed by atoms with Crippen molar-refractivity contribution in [2.45, 2.75) is 19.6 Å². The fraction of sp³-hybridized carbons (Fsp3) is 0.429. The highest BCUT2D eigenvalue weighted by molar-refractivity contribution is 9.10. The van der Waals surface area contributed by atoms with Crippen molar-refractivity contribution >= 4 is 15.9 Å². The van der Waals surface area contributed by atoms with E-state index < -0.39 is 27.6 Å². The van der Waals surface area contributed by atoms with E-state index in [0.29, 0.717) is 4.57 Å². The summed E-state index contributed by atoms with van der Waals surface area (Å²) >= 11 is 2.52. The van der Waals surface area contributed by atoms with E-state index >= 15 is 0 Å². The number of aromatic amines is 1. The van der Waals surface area contributed by atoms with E-state index in [1.807, 2.05) is 0 Å². The first-order valence-corrected chi connectivity index (χ1v) is 4.68. The minimum Gasteiger partial charge on any atom is -0.302 e. The molecule has 0 unspecified atom stereocenters. The molecule has 0 aliphatic rings. The van der Waals surface area contributed by atoms with Crippen LogP contribution in [0.4, 0.5) is 13.2 Å². The van der Waals surface area contributed by atoms with Crippen LogP contribution in [0.15, 0.2) is 14.1 Å². The van der Waals surface area contributed by atoms with Crippen LogP contribution in [0.1, 0.15) is 12.6 Å². The van der Waals surface area contributed by atoms with E-state index in [4.69, 9.17) is 0 Å². The smallest absolute Gasteiger partial charge is 0.302 e. The summed E-state index contributed by atoms with van der Waals surface area (Å²) in [6.07, 6.45) is -4.76. The van der Waals surface area contributed by atoms with Gasteiger partial charge in [0.15, 0.2) is 0 Å². The number of rotatable bonds is 1. The highest BCUT2D eigenvalue weighted by Crippen LogP contribution is 2.30. The molecule has 0 aliphatic carbocycles. The fourth-order valence-electron chi connectivity index (χ4n) is 1.03. The minimum atomic E-state index is -4.76. The number of halogens is 4. The molecule has 8 heteroatoms. The molecule has 1 N–H and O–H groups in total. The zero-order valence-electron chi connectivity index (χ0n) is 7.48. The maximum atomic E-state index is 12.3. The first kappa shape index (κ1) is 12.0. The molecule has 84 valence electrons. The molecule has 0 spiro atoms. The Balaban J connectivity index is 3.63. The molecule has 0 amide bonds. The molecule has 0 fully saturated rings. The first-order valence-electron chi connectivity index (χ1n) is 3.88. The Kier molecular flexibility index (Phi) is 3.08. The van der Waals surface area contributed by atoms with E-state index in [2.05, 4.69) is 15.9 Å². The Morgan fingerprint density at radius 3 is 2.33 bits per heavy atom. The molecule has 1 heterocycles. The van der Waals surface area contributed by atoms with Gasteiger partial charge in [-0.1, -0.05) is 0 Å². The quantitative estimate of drug-likeness (QED) is 0.847. The first-order chi connectivity index (χ1) is 6.79. The van der Waals surface area contributed by atoms with Gasteiger partial charge in [0, 0.05) is 6.54 Å². The van der Waals surface area contributed by atoms with Crippen LogP contribution in [-0.4, -0.2) is 9.55 Å². The highest BCUT2D eigenvalue weighted by Gasteiger charge is 2.36. The predicted octanol–water partition coefficient (Wildman–Crippen LogP) is 1.34. The molecular formula is C7H6BrF3N2O2. The summed E-state index contributed by atoms with van der Waals surface area (Å²) in [5.74, 6) is 0. The number of aromatic nitrogens is 2. The van der Waals surface area contributed by atoms with Crippen LogP contribution in [-0.2, 0) is 12.7 Å². The monoisotopic (exact) mass is 286 g/mol. The van der Waals surface area contributed by atoms with Crippen LogP contribution in [0.25, 0.3) is 0 Å². The summed E-state index contributed by atoms with van der Waals surface area (Å²) in [4.78, 5) is 24.0. The van der Waals surface area contributed by atoms with Crippen LogP contribution < -0.4 is 11.2 Å². The van der Waals surface area contributed by atoms with E-state index in [-0.39, 0.29) is 6.54 Å². The third-order valence-electron chi connectivity index (χ3n) is 1.73. The van der Waals surface area contributed by atoms with Gasteiger partial charge >= 0.3 is 11.9 Å². The van der Waals surface area contributed by atoms with Gasteiger partial charge in [-0.25, -0.2) is 4.79 Å². The van der Waals surface area contributed by atoms with Crippen molar-refractivity contribution in [2.75, 3.05) is 0 Å². The van der Waals surface area contributed by atoms with Gasteiger partial charge in [0.2, 0.25) is 0 Å². The average Bonchev–Trinajstić information content (AvgIpc) is 2.10. The second kappa shape index (κ2) is 3.84. The SMILES string of the molecule is CCn1c(=O)[nH]c(C(F)(F)F)c(Br)c1=O. The van der Waals surface area contributed by atoms with Gasteiger partial charge in [-0.05, 0) is 22.9 Å². The number of nitrogens with zero attached hydrogens (tertiary/aromatic N) is 1. The summed E-state index contributed by atoms with van der Waals surface area (Å²) in [5, 5.41) is 0. The Morgan fingerprint density at radius 1 is 1.40 bits per heavy atom. The summed E-state index contributed by atoms with van der Waals surface area (Å²) in [6, 6.07) is 0. The van der Waals surface area contributed by atoms with Gasteiger partial charge in [-0.3, -0.25) is 9.36 Å². The highest BCUT2D eigenvalue weighted by atomic mass is 79.9. The molecular weight excluding hydrogens is 281 g/mol. The molecule has 1 aromatic rings. The zero-order chi connectivity index (χ0) is 11.8. The van der Waals surface area contributed by atoms with E-state index in [1.165, 1.54) is 6.92 Å². The molecule has 0 bridgehead atoms. The number of hydrogen-bond donors (Lipinski definition) is 1. The molecule has 4 nitrogen and oxygen atoms in total. The zero-order valence-corrected chi connectivity index (χ0v) is 9.07. The Labute approximate surface area is 89.9 Å². The van der Waals surface area contributed by atoms with Crippen LogP contribution in [0.2, 0.25) is 0 Å². The van der Waals surface area contributed by atoms with E-state index in [9.17, 15) is 22.8 Å². The average molecular weight is 287 g/mol. The van der Waals surface area contributed by atoms with Crippen LogP contribution in [0.5, 0.6) is 0 Å². The minimum absolute atomic E-state index is 0.00486. The number of hydrogen-bond acceptors (Lipinski definition) is 2. The summed E-state index contributed by atoms with van der Waals surface area (Å²) in [6.45, 7) is 1.49. The van der Waals surface area contributed by atoms with E-state index in [0.717, 1.165) is 0 Å². The predicted molar refractivity (Wildman–Crippen MR) is 49.7 cm³/mol. The fourth-order valence-corrected chi connectivity index (χ4v) is 1.57. The molecule has 0 atom stereocenters. The Morgan fingerprint density at radius 2 is 1.93 bits per heavy atom. The lowest BCUT2D eigenvalue weighted by Gasteiger charge is -2.09. The molecule has 1 aromatic heterocycles. The Bertz CT molecular complexity index is 488. The molecule has 0 aliphatic heterocycles. The second-order valence-electron chi connectivity index (χ2n) is 2.67. The van der Waals surface area contributed by atoms with Crippen LogP contribution >= 0.6 is 15.9 Å². The number of nitrogens with one attached hydrogen (secondary N) is 1. The third kappa shape index (κ3) is 2.14. The lowest BCUT2D eigenvalue weighted by molar-refractivity contribution is -0.142. The van der Waals surface area contributed by atoms with Gasteiger partial charge in [0.25, 0.3) is 5.56 Å².